The standard InChI is InChI=1S/C14H11N3O4/c18-12-6-7-17(14(21)16-12)11-5-4-8-9(13(19)20)2-1-3-10(8)15-11/h1-5H,6-7H2,(H,19,20)(H,16,18,21). The van der Waals surface area contributed by atoms with Gasteiger partial charge in [0.2, 0.25) is 5.91 Å². The average Bonchev–Trinajstić information content (AvgIpc) is 2.46. The van der Waals surface area contributed by atoms with Gasteiger partial charge in [-0.25, -0.2) is 14.6 Å². The third-order valence-corrected chi connectivity index (χ3v) is 3.28. The second kappa shape index (κ2) is 4.86. The van der Waals surface area contributed by atoms with E-state index in [0.717, 1.165) is 0 Å². The summed E-state index contributed by atoms with van der Waals surface area (Å²) < 4.78 is 0. The normalized spacial score (nSPS) is 15.1. The number of carbonyl (C=O) groups excluding carboxylic acids is 2. The third kappa shape index (κ3) is 2.29. The molecule has 0 radical (unpaired) electrons. The molecule has 7 heteroatoms. The van der Waals surface area contributed by atoms with Gasteiger partial charge in [0.15, 0.2) is 0 Å². The number of anilines is 1. The first-order valence-electron chi connectivity index (χ1n) is 6.30. The van der Waals surface area contributed by atoms with Gasteiger partial charge in [-0.1, -0.05) is 6.07 Å². The van der Waals surface area contributed by atoms with Gasteiger partial charge in [-0.3, -0.25) is 15.0 Å². The van der Waals surface area contributed by atoms with E-state index in [9.17, 15) is 14.4 Å². The second-order valence-electron chi connectivity index (χ2n) is 4.60. The summed E-state index contributed by atoms with van der Waals surface area (Å²) in [5.74, 6) is -0.961. The second-order valence-corrected chi connectivity index (χ2v) is 4.60. The van der Waals surface area contributed by atoms with Crippen LogP contribution in [0.1, 0.15) is 16.8 Å². The Labute approximate surface area is 119 Å². The zero-order valence-electron chi connectivity index (χ0n) is 10.9. The Balaban J connectivity index is 2.04. The maximum absolute atomic E-state index is 11.8. The van der Waals surface area contributed by atoms with Gasteiger partial charge in [0.25, 0.3) is 0 Å². The predicted octanol–water partition coefficient (Wildman–Crippen LogP) is 1.38. The number of hydrogen-bond donors (Lipinski definition) is 2. The molecule has 0 atom stereocenters. The van der Waals surface area contributed by atoms with Gasteiger partial charge in [-0.05, 0) is 24.3 Å². The van der Waals surface area contributed by atoms with Crippen LogP contribution in [0.3, 0.4) is 0 Å². The number of carbonyl (C=O) groups is 3. The van der Waals surface area contributed by atoms with Crippen LogP contribution in [0.4, 0.5) is 10.6 Å². The van der Waals surface area contributed by atoms with E-state index in [-0.39, 0.29) is 24.4 Å². The van der Waals surface area contributed by atoms with Crippen molar-refractivity contribution in [3.8, 4) is 0 Å². The molecule has 2 aromatic rings. The number of benzene rings is 1. The van der Waals surface area contributed by atoms with E-state index in [1.165, 1.54) is 11.0 Å². The summed E-state index contributed by atoms with van der Waals surface area (Å²) in [4.78, 5) is 39.7. The van der Waals surface area contributed by atoms with Crippen LogP contribution in [0.5, 0.6) is 0 Å². The molecule has 21 heavy (non-hydrogen) atoms. The predicted molar refractivity (Wildman–Crippen MR) is 74.2 cm³/mol. The fourth-order valence-electron chi connectivity index (χ4n) is 2.26. The number of urea groups is 1. The summed E-state index contributed by atoms with van der Waals surface area (Å²) in [6.45, 7) is 0.252. The number of aromatic carboxylic acids is 1. The van der Waals surface area contributed by atoms with Crippen LogP contribution in [0.2, 0.25) is 0 Å². The summed E-state index contributed by atoms with van der Waals surface area (Å²) in [5.41, 5.74) is 0.641. The fraction of sp³-hybridized carbons (Fsp3) is 0.143. The van der Waals surface area contributed by atoms with E-state index in [4.69, 9.17) is 5.11 Å². The Kier molecular flexibility index (Phi) is 3.02. The lowest BCUT2D eigenvalue weighted by Gasteiger charge is -2.25. The molecule has 2 heterocycles. The minimum atomic E-state index is -1.03. The van der Waals surface area contributed by atoms with E-state index >= 15 is 0 Å². The Morgan fingerprint density at radius 3 is 2.76 bits per heavy atom. The number of aromatic nitrogens is 1. The van der Waals surface area contributed by atoms with Crippen molar-refractivity contribution in [2.75, 3.05) is 11.4 Å². The van der Waals surface area contributed by atoms with Crippen molar-refractivity contribution in [3.63, 3.8) is 0 Å². The molecule has 2 N–H and O–H groups in total. The van der Waals surface area contributed by atoms with Gasteiger partial charge in [0, 0.05) is 18.4 Å². The van der Waals surface area contributed by atoms with Gasteiger partial charge >= 0.3 is 12.0 Å². The molecule has 1 fully saturated rings. The van der Waals surface area contributed by atoms with Crippen LogP contribution in [0, 0.1) is 0 Å². The monoisotopic (exact) mass is 285 g/mol. The quantitative estimate of drug-likeness (QED) is 0.868. The van der Waals surface area contributed by atoms with E-state index in [0.29, 0.717) is 16.7 Å². The molecule has 1 saturated heterocycles. The highest BCUT2D eigenvalue weighted by molar-refractivity contribution is 6.06. The lowest BCUT2D eigenvalue weighted by Crippen LogP contribution is -2.49. The number of pyridine rings is 1. The molecule has 1 aliphatic heterocycles. The lowest BCUT2D eigenvalue weighted by molar-refractivity contribution is -0.120. The number of amides is 3. The zero-order chi connectivity index (χ0) is 15.0. The number of rotatable bonds is 2. The van der Waals surface area contributed by atoms with Crippen LogP contribution in [0.15, 0.2) is 30.3 Å². The smallest absolute Gasteiger partial charge is 0.336 e. The highest BCUT2D eigenvalue weighted by atomic mass is 16.4. The van der Waals surface area contributed by atoms with Crippen molar-refractivity contribution in [1.29, 1.82) is 0 Å². The highest BCUT2D eigenvalue weighted by Crippen LogP contribution is 2.22. The number of nitrogens with zero attached hydrogens (tertiary/aromatic N) is 2. The van der Waals surface area contributed by atoms with Crippen LogP contribution in [-0.2, 0) is 4.79 Å². The van der Waals surface area contributed by atoms with Gasteiger partial charge < -0.3 is 5.11 Å². The van der Waals surface area contributed by atoms with Gasteiger partial charge in [-0.15, -0.1) is 0 Å². The van der Waals surface area contributed by atoms with Crippen molar-refractivity contribution in [2.45, 2.75) is 6.42 Å². The molecule has 0 unspecified atom stereocenters. The van der Waals surface area contributed by atoms with Crippen LogP contribution in [-0.4, -0.2) is 34.5 Å². The van der Waals surface area contributed by atoms with Crippen molar-refractivity contribution in [1.82, 2.24) is 10.3 Å². The number of carboxylic acids is 1. The molecule has 106 valence electrons. The zero-order valence-corrected chi connectivity index (χ0v) is 10.9. The van der Waals surface area contributed by atoms with E-state index in [1.54, 1.807) is 24.3 Å². The van der Waals surface area contributed by atoms with Gasteiger partial charge in [0.1, 0.15) is 5.82 Å². The summed E-state index contributed by atoms with van der Waals surface area (Å²) in [7, 11) is 0. The molecular weight excluding hydrogens is 274 g/mol. The first-order valence-corrected chi connectivity index (χ1v) is 6.30. The first-order chi connectivity index (χ1) is 10.1. The molecule has 3 amide bonds. The summed E-state index contributed by atoms with van der Waals surface area (Å²) in [6.07, 6.45) is 0.209. The molecular formula is C14H11N3O4. The number of hydrogen-bond acceptors (Lipinski definition) is 4. The van der Waals surface area contributed by atoms with Crippen molar-refractivity contribution in [2.24, 2.45) is 0 Å². The topological polar surface area (TPSA) is 99.6 Å². The average molecular weight is 285 g/mol. The summed E-state index contributed by atoms with van der Waals surface area (Å²) in [6, 6.07) is 7.45. The van der Waals surface area contributed by atoms with Gasteiger partial charge in [0.05, 0.1) is 11.1 Å². The molecule has 3 rings (SSSR count). The van der Waals surface area contributed by atoms with E-state index in [2.05, 4.69) is 10.3 Å². The highest BCUT2D eigenvalue weighted by Gasteiger charge is 2.25. The third-order valence-electron chi connectivity index (χ3n) is 3.28. The number of nitrogens with one attached hydrogen (secondary N) is 1. The SMILES string of the molecule is O=C1CCN(c2ccc3c(C(=O)O)cccc3n2)C(=O)N1. The van der Waals surface area contributed by atoms with Crippen molar-refractivity contribution < 1.29 is 19.5 Å². The number of carboxylic acid groups (broad SMARTS) is 1. The molecule has 1 aromatic heterocycles. The minimum absolute atomic E-state index is 0.157. The molecule has 0 spiro atoms. The van der Waals surface area contributed by atoms with Crippen molar-refractivity contribution >= 4 is 34.6 Å². The van der Waals surface area contributed by atoms with E-state index < -0.39 is 12.0 Å². The largest absolute Gasteiger partial charge is 0.478 e. The Bertz CT molecular complexity index is 772. The molecule has 1 aliphatic rings. The maximum atomic E-state index is 11.8. The number of imide groups is 1. The molecule has 0 saturated carbocycles. The van der Waals surface area contributed by atoms with Crippen LogP contribution in [0.25, 0.3) is 10.9 Å². The molecule has 0 aliphatic carbocycles. The minimum Gasteiger partial charge on any atom is -0.478 e. The first kappa shape index (κ1) is 13.0. The molecule has 1 aromatic carbocycles. The molecule has 7 nitrogen and oxygen atoms in total. The van der Waals surface area contributed by atoms with E-state index in [1.807, 2.05) is 0 Å². The summed E-state index contributed by atoms with van der Waals surface area (Å²) in [5, 5.41) is 11.9. The van der Waals surface area contributed by atoms with Crippen LogP contribution >= 0.6 is 0 Å². The lowest BCUT2D eigenvalue weighted by atomic mass is 10.1. The fourth-order valence-corrected chi connectivity index (χ4v) is 2.26. The van der Waals surface area contributed by atoms with Crippen molar-refractivity contribution in [3.05, 3.63) is 35.9 Å². The maximum Gasteiger partial charge on any atom is 0.336 e. The Morgan fingerprint density at radius 2 is 2.05 bits per heavy atom. The Morgan fingerprint density at radius 1 is 1.24 bits per heavy atom. The number of fused-ring (bicyclic) bond motifs is 1. The van der Waals surface area contributed by atoms with Gasteiger partial charge in [-0.2, -0.15) is 0 Å². The Hall–Kier alpha value is -2.96. The summed E-state index contributed by atoms with van der Waals surface area (Å²) >= 11 is 0. The molecule has 0 bridgehead atoms. The van der Waals surface area contributed by atoms with Crippen LogP contribution < -0.4 is 10.2 Å².